The van der Waals surface area contributed by atoms with E-state index in [-0.39, 0.29) is 27.0 Å². The topological polar surface area (TPSA) is 17.1 Å². The zero-order valence-corrected chi connectivity index (χ0v) is 9.01. The molecule has 11 heavy (non-hydrogen) atoms. The third kappa shape index (κ3) is 12.9. The molecule has 0 aromatic carbocycles. The van der Waals surface area contributed by atoms with Gasteiger partial charge in [0, 0.05) is 0 Å². The Bertz CT molecular complexity index is 126. The molecule has 0 unspecified atom stereocenters. The minimum absolute atomic E-state index is 0. The van der Waals surface area contributed by atoms with Crippen LogP contribution in [0.5, 0.6) is 0 Å². The molecule has 0 saturated carbocycles. The summed E-state index contributed by atoms with van der Waals surface area (Å²) >= 11 is 0. The SMILES string of the molecule is CC(C)[C-]=O.[C-]1=CC=CC1.[Pt+2]. The fraction of sp³-hybridized carbons (Fsp3) is 0.444. The van der Waals surface area contributed by atoms with Gasteiger partial charge in [-0.25, -0.2) is 12.2 Å². The molecule has 64 valence electrons. The maximum atomic E-state index is 9.38. The van der Waals surface area contributed by atoms with Crippen LogP contribution in [0.15, 0.2) is 18.2 Å². The Kier molecular flexibility index (Phi) is 12.0. The van der Waals surface area contributed by atoms with Gasteiger partial charge in [0.15, 0.2) is 0 Å². The van der Waals surface area contributed by atoms with Crippen molar-refractivity contribution in [2.45, 2.75) is 20.3 Å². The van der Waals surface area contributed by atoms with Crippen molar-refractivity contribution in [1.29, 1.82) is 0 Å². The van der Waals surface area contributed by atoms with Gasteiger partial charge in [-0.05, 0) is 0 Å². The zero-order chi connectivity index (χ0) is 7.82. The number of allylic oxidation sites excluding steroid dienone is 4. The molecule has 1 aliphatic rings. The monoisotopic (exact) mass is 331 g/mol. The molecule has 0 aromatic rings. The van der Waals surface area contributed by atoms with Crippen LogP contribution in [0, 0.1) is 12.0 Å². The third-order valence-corrected chi connectivity index (χ3v) is 0.822. The van der Waals surface area contributed by atoms with Gasteiger partial charge in [0.25, 0.3) is 0 Å². The van der Waals surface area contributed by atoms with Crippen LogP contribution in [-0.2, 0) is 25.9 Å². The number of rotatable bonds is 1. The van der Waals surface area contributed by atoms with Crippen molar-refractivity contribution < 1.29 is 25.9 Å². The molecular formula is C9H12OPt. The van der Waals surface area contributed by atoms with E-state index in [1.54, 1.807) is 20.1 Å². The minimum atomic E-state index is 0. The van der Waals surface area contributed by atoms with E-state index in [0.29, 0.717) is 0 Å². The van der Waals surface area contributed by atoms with Crippen molar-refractivity contribution in [1.82, 2.24) is 0 Å². The molecule has 1 aliphatic carbocycles. The van der Waals surface area contributed by atoms with E-state index in [0.717, 1.165) is 6.42 Å². The molecule has 0 saturated heterocycles. The second kappa shape index (κ2) is 9.84. The van der Waals surface area contributed by atoms with Gasteiger partial charge in [0.1, 0.15) is 0 Å². The van der Waals surface area contributed by atoms with Crippen LogP contribution in [0.1, 0.15) is 20.3 Å². The van der Waals surface area contributed by atoms with E-state index < -0.39 is 0 Å². The summed E-state index contributed by atoms with van der Waals surface area (Å²) < 4.78 is 0. The van der Waals surface area contributed by atoms with Crippen molar-refractivity contribution >= 4 is 6.29 Å². The first-order valence-electron chi connectivity index (χ1n) is 3.36. The predicted octanol–water partition coefficient (Wildman–Crippen LogP) is 2.06. The van der Waals surface area contributed by atoms with E-state index in [4.69, 9.17) is 0 Å². The summed E-state index contributed by atoms with van der Waals surface area (Å²) in [6.07, 6.45) is 11.8. The fourth-order valence-electron chi connectivity index (χ4n) is 0.340. The average molecular weight is 331 g/mol. The largest absolute Gasteiger partial charge is 2.00 e. The average Bonchev–Trinajstić information content (AvgIpc) is 2.43. The normalized spacial score (nSPS) is 11.9. The van der Waals surface area contributed by atoms with E-state index in [2.05, 4.69) is 12.2 Å². The van der Waals surface area contributed by atoms with Crippen molar-refractivity contribution in [3.8, 4) is 0 Å². The van der Waals surface area contributed by atoms with Crippen molar-refractivity contribution in [2.24, 2.45) is 5.92 Å². The molecule has 0 N–H and O–H groups in total. The molecule has 0 aromatic heterocycles. The maximum absolute atomic E-state index is 9.38. The Morgan fingerprint density at radius 3 is 2.18 bits per heavy atom. The van der Waals surface area contributed by atoms with Gasteiger partial charge in [-0.3, -0.25) is 12.4 Å². The molecule has 0 fully saturated rings. The standard InChI is InChI=1S/C5H5.C4H7O.Pt/c1-2-4-5-3-1;1-4(2)3-5;/h1-3H,4H2;4H,1-2H3;/q2*-1;+2. The molecule has 1 rings (SSSR count). The first kappa shape index (κ1) is 13.4. The van der Waals surface area contributed by atoms with Crippen LogP contribution in [0.2, 0.25) is 0 Å². The van der Waals surface area contributed by atoms with Crippen LogP contribution >= 0.6 is 0 Å². The predicted molar refractivity (Wildman–Crippen MR) is 42.1 cm³/mol. The number of hydrogen-bond acceptors (Lipinski definition) is 1. The van der Waals surface area contributed by atoms with Gasteiger partial charge in [-0.15, -0.1) is 12.3 Å². The smallest absolute Gasteiger partial charge is 0.542 e. The molecule has 0 aliphatic heterocycles. The zero-order valence-electron chi connectivity index (χ0n) is 6.74. The van der Waals surface area contributed by atoms with Gasteiger partial charge in [0.05, 0.1) is 0 Å². The summed E-state index contributed by atoms with van der Waals surface area (Å²) in [5, 5.41) is 0. The molecule has 0 atom stereocenters. The summed E-state index contributed by atoms with van der Waals surface area (Å²) in [5.41, 5.74) is 0. The van der Waals surface area contributed by atoms with Crippen molar-refractivity contribution in [3.05, 3.63) is 24.3 Å². The van der Waals surface area contributed by atoms with E-state index in [9.17, 15) is 4.79 Å². The van der Waals surface area contributed by atoms with Crippen LogP contribution in [0.4, 0.5) is 0 Å². The van der Waals surface area contributed by atoms with Crippen molar-refractivity contribution in [3.63, 3.8) is 0 Å². The van der Waals surface area contributed by atoms with Crippen LogP contribution in [-0.4, -0.2) is 6.29 Å². The quantitative estimate of drug-likeness (QED) is 0.672. The van der Waals surface area contributed by atoms with Gasteiger partial charge < -0.3 is 4.79 Å². The molecule has 0 amide bonds. The molecule has 0 radical (unpaired) electrons. The molecule has 0 bridgehead atoms. The number of carbonyl (C=O) groups excluding carboxylic acids is 1. The van der Waals surface area contributed by atoms with Gasteiger partial charge in [-0.1, -0.05) is 13.8 Å². The van der Waals surface area contributed by atoms with Gasteiger partial charge in [0.2, 0.25) is 0 Å². The third-order valence-electron chi connectivity index (χ3n) is 0.822. The maximum Gasteiger partial charge on any atom is 2.00 e. The van der Waals surface area contributed by atoms with Gasteiger partial charge in [-0.2, -0.15) is 6.08 Å². The van der Waals surface area contributed by atoms with E-state index in [1.807, 2.05) is 12.2 Å². The van der Waals surface area contributed by atoms with Crippen LogP contribution in [0.25, 0.3) is 0 Å². The summed E-state index contributed by atoms with van der Waals surface area (Å²) in [6, 6.07) is 0. The summed E-state index contributed by atoms with van der Waals surface area (Å²) in [4.78, 5) is 9.38. The first-order valence-corrected chi connectivity index (χ1v) is 3.36. The molecule has 0 spiro atoms. The molecule has 0 heterocycles. The van der Waals surface area contributed by atoms with Crippen molar-refractivity contribution in [2.75, 3.05) is 0 Å². The Labute approximate surface area is 82.8 Å². The number of hydrogen-bond donors (Lipinski definition) is 0. The summed E-state index contributed by atoms with van der Waals surface area (Å²) in [6.45, 7) is 3.60. The molecule has 1 nitrogen and oxygen atoms in total. The Balaban J connectivity index is 0. The fourth-order valence-corrected chi connectivity index (χ4v) is 0.340. The summed E-state index contributed by atoms with van der Waals surface area (Å²) in [5.74, 6) is 0.0787. The van der Waals surface area contributed by atoms with E-state index >= 15 is 0 Å². The molecule has 2 heteroatoms. The van der Waals surface area contributed by atoms with E-state index in [1.165, 1.54) is 0 Å². The summed E-state index contributed by atoms with van der Waals surface area (Å²) in [7, 11) is 0. The Morgan fingerprint density at radius 2 is 2.09 bits per heavy atom. The second-order valence-corrected chi connectivity index (χ2v) is 2.28. The van der Waals surface area contributed by atoms with Crippen LogP contribution in [0.3, 0.4) is 0 Å². The Hall–Kier alpha value is -0.162. The first-order chi connectivity index (χ1) is 4.77. The molecular weight excluding hydrogens is 319 g/mol. The minimum Gasteiger partial charge on any atom is -0.542 e. The van der Waals surface area contributed by atoms with Gasteiger partial charge >= 0.3 is 21.1 Å². The second-order valence-electron chi connectivity index (χ2n) is 2.28. The Morgan fingerprint density at radius 1 is 1.55 bits per heavy atom. The van der Waals surface area contributed by atoms with Crippen LogP contribution < -0.4 is 0 Å².